The molecular weight excluding hydrogens is 306 g/mol. The number of hydrogen-bond acceptors (Lipinski definition) is 5. The molecule has 0 saturated heterocycles. The molecule has 0 aliphatic carbocycles. The van der Waals surface area contributed by atoms with Crippen LogP contribution in [0.25, 0.3) is 0 Å². The van der Waals surface area contributed by atoms with Crippen molar-refractivity contribution in [1.82, 2.24) is 4.98 Å². The van der Waals surface area contributed by atoms with E-state index in [0.29, 0.717) is 17.0 Å². The molecule has 1 aromatic heterocycles. The van der Waals surface area contributed by atoms with Crippen molar-refractivity contribution in [2.24, 2.45) is 0 Å². The molecule has 1 heterocycles. The zero-order valence-corrected chi connectivity index (χ0v) is 13.5. The second kappa shape index (κ2) is 6.60. The molecule has 0 spiro atoms. The molecule has 0 fully saturated rings. The number of benzene rings is 1. The highest BCUT2D eigenvalue weighted by Crippen LogP contribution is 2.28. The fraction of sp³-hybridized carbons (Fsp3) is 0.267. The van der Waals surface area contributed by atoms with Crippen molar-refractivity contribution < 1.29 is 13.5 Å². The van der Waals surface area contributed by atoms with Crippen molar-refractivity contribution in [2.45, 2.75) is 34.1 Å². The number of aromatic nitrogens is 1. The van der Waals surface area contributed by atoms with Gasteiger partial charge in [0.25, 0.3) is 0 Å². The van der Waals surface area contributed by atoms with Gasteiger partial charge in [0.1, 0.15) is 0 Å². The Hall–Kier alpha value is -1.37. The van der Waals surface area contributed by atoms with Crippen LogP contribution in [0.3, 0.4) is 0 Å². The Morgan fingerprint density at radius 2 is 1.76 bits per heavy atom. The Bertz CT molecular complexity index is 695. The largest absolute Gasteiger partial charge is 0.387 e. The van der Waals surface area contributed by atoms with Crippen LogP contribution in [-0.2, 0) is 9.84 Å². The van der Waals surface area contributed by atoms with Crippen molar-refractivity contribution in [3.63, 3.8) is 0 Å². The first-order valence-corrected chi connectivity index (χ1v) is 9.23. The van der Waals surface area contributed by atoms with Gasteiger partial charge in [0, 0.05) is 22.2 Å². The van der Waals surface area contributed by atoms with Gasteiger partial charge in [-0.1, -0.05) is 18.7 Å². The van der Waals surface area contributed by atoms with Gasteiger partial charge in [0.2, 0.25) is 0 Å². The number of nitrogens with zero attached hydrogens (tertiary/aromatic N) is 1. The van der Waals surface area contributed by atoms with E-state index in [9.17, 15) is 13.5 Å². The monoisotopic (exact) mass is 323 g/mol. The quantitative estimate of drug-likeness (QED) is 0.916. The molecule has 6 heteroatoms. The summed E-state index contributed by atoms with van der Waals surface area (Å²) in [7, 11) is -3.16. The van der Waals surface area contributed by atoms with E-state index in [4.69, 9.17) is 0 Å². The molecule has 0 bridgehead atoms. The highest BCUT2D eigenvalue weighted by atomic mass is 32.2. The van der Waals surface area contributed by atoms with Gasteiger partial charge in [-0.05, 0) is 42.8 Å². The van der Waals surface area contributed by atoms with Crippen molar-refractivity contribution >= 4 is 21.6 Å². The second-order valence-corrected chi connectivity index (χ2v) is 7.85. The van der Waals surface area contributed by atoms with Gasteiger partial charge in [0.05, 0.1) is 16.7 Å². The number of rotatable bonds is 5. The van der Waals surface area contributed by atoms with Gasteiger partial charge in [0.15, 0.2) is 9.84 Å². The smallest absolute Gasteiger partial charge is 0.175 e. The third-order valence-corrected chi connectivity index (χ3v) is 5.09. The average molecular weight is 323 g/mol. The van der Waals surface area contributed by atoms with Crippen LogP contribution in [0.5, 0.6) is 0 Å². The summed E-state index contributed by atoms with van der Waals surface area (Å²) in [4.78, 5) is 6.42. The summed E-state index contributed by atoms with van der Waals surface area (Å²) < 4.78 is 22.8. The van der Waals surface area contributed by atoms with Gasteiger partial charge in [-0.3, -0.25) is 4.98 Å². The highest BCUT2D eigenvalue weighted by molar-refractivity contribution is 7.99. The van der Waals surface area contributed by atoms with Crippen molar-refractivity contribution in [3.05, 3.63) is 48.3 Å². The SMILES string of the molecule is CC[C@@H](O)c1ccc(Sc2ccc(S(C)(=O)=O)cc2)cn1. The number of hydrogen-bond donors (Lipinski definition) is 1. The molecule has 112 valence electrons. The van der Waals surface area contributed by atoms with Crippen molar-refractivity contribution in [1.29, 1.82) is 0 Å². The highest BCUT2D eigenvalue weighted by Gasteiger charge is 2.08. The standard InChI is InChI=1S/C15H17NO3S2/c1-3-15(17)14-9-6-12(10-16-14)20-11-4-7-13(8-5-11)21(2,18)19/h4-10,15,17H,3H2,1-2H3/t15-/m1/s1. The minimum atomic E-state index is -3.16. The zero-order valence-electron chi connectivity index (χ0n) is 11.9. The Morgan fingerprint density at radius 1 is 1.14 bits per heavy atom. The second-order valence-electron chi connectivity index (χ2n) is 4.69. The number of aliphatic hydroxyl groups is 1. The van der Waals surface area contributed by atoms with Crippen LogP contribution in [0.1, 0.15) is 25.1 Å². The molecule has 2 aromatic rings. The topological polar surface area (TPSA) is 67.3 Å². The predicted octanol–water partition coefficient (Wildman–Crippen LogP) is 3.08. The van der Waals surface area contributed by atoms with Crippen LogP contribution in [-0.4, -0.2) is 24.8 Å². The summed E-state index contributed by atoms with van der Waals surface area (Å²) in [5, 5.41) is 9.69. The van der Waals surface area contributed by atoms with Gasteiger partial charge in [-0.2, -0.15) is 0 Å². The summed E-state index contributed by atoms with van der Waals surface area (Å²) in [5.41, 5.74) is 0.661. The summed E-state index contributed by atoms with van der Waals surface area (Å²) in [6.45, 7) is 1.90. The predicted molar refractivity (Wildman–Crippen MR) is 83.2 cm³/mol. The molecule has 0 aliphatic heterocycles. The molecule has 0 unspecified atom stereocenters. The lowest BCUT2D eigenvalue weighted by atomic mass is 10.2. The Labute approximate surface area is 129 Å². The van der Waals surface area contributed by atoms with E-state index >= 15 is 0 Å². The van der Waals surface area contributed by atoms with Crippen LogP contribution in [0.4, 0.5) is 0 Å². The first-order valence-electron chi connectivity index (χ1n) is 6.52. The Morgan fingerprint density at radius 3 is 2.24 bits per heavy atom. The Kier molecular flexibility index (Phi) is 5.03. The molecule has 21 heavy (non-hydrogen) atoms. The molecule has 0 saturated carbocycles. The minimum Gasteiger partial charge on any atom is -0.387 e. The maximum absolute atomic E-state index is 11.4. The van der Waals surface area contributed by atoms with Gasteiger partial charge >= 0.3 is 0 Å². The van der Waals surface area contributed by atoms with Crippen LogP contribution in [0, 0.1) is 0 Å². The van der Waals surface area contributed by atoms with Crippen LogP contribution >= 0.6 is 11.8 Å². The maximum Gasteiger partial charge on any atom is 0.175 e. The van der Waals surface area contributed by atoms with Crippen molar-refractivity contribution in [3.8, 4) is 0 Å². The molecule has 2 rings (SSSR count). The number of pyridine rings is 1. The molecule has 4 nitrogen and oxygen atoms in total. The van der Waals surface area contributed by atoms with E-state index in [0.717, 1.165) is 9.79 Å². The average Bonchev–Trinajstić information content (AvgIpc) is 2.47. The number of aliphatic hydroxyl groups excluding tert-OH is 1. The van der Waals surface area contributed by atoms with E-state index in [1.807, 2.05) is 13.0 Å². The van der Waals surface area contributed by atoms with Crippen LogP contribution < -0.4 is 0 Å². The van der Waals surface area contributed by atoms with Crippen LogP contribution in [0.2, 0.25) is 0 Å². The van der Waals surface area contributed by atoms with Gasteiger partial charge in [-0.25, -0.2) is 8.42 Å². The normalized spacial score (nSPS) is 13.1. The molecule has 0 amide bonds. The van der Waals surface area contributed by atoms with E-state index in [1.165, 1.54) is 18.0 Å². The fourth-order valence-electron chi connectivity index (χ4n) is 1.75. The fourth-order valence-corrected chi connectivity index (χ4v) is 3.17. The Balaban J connectivity index is 2.11. The lowest BCUT2D eigenvalue weighted by Crippen LogP contribution is -1.98. The minimum absolute atomic E-state index is 0.311. The third kappa shape index (κ3) is 4.30. The maximum atomic E-state index is 11.4. The number of sulfone groups is 1. The lowest BCUT2D eigenvalue weighted by molar-refractivity contribution is 0.169. The molecular formula is C15H17NO3S2. The van der Waals surface area contributed by atoms with Gasteiger partial charge < -0.3 is 5.11 Å². The van der Waals surface area contributed by atoms with E-state index in [1.54, 1.807) is 36.5 Å². The van der Waals surface area contributed by atoms with Gasteiger partial charge in [-0.15, -0.1) is 0 Å². The lowest BCUT2D eigenvalue weighted by Gasteiger charge is -2.08. The molecule has 1 atom stereocenters. The van der Waals surface area contributed by atoms with E-state index in [2.05, 4.69) is 4.98 Å². The molecule has 0 aliphatic rings. The summed E-state index contributed by atoms with van der Waals surface area (Å²) in [6.07, 6.45) is 3.00. The first-order chi connectivity index (χ1) is 9.90. The molecule has 1 aromatic carbocycles. The van der Waals surface area contributed by atoms with E-state index in [-0.39, 0.29) is 0 Å². The summed E-state index contributed by atoms with van der Waals surface area (Å²) >= 11 is 1.50. The van der Waals surface area contributed by atoms with Crippen molar-refractivity contribution in [2.75, 3.05) is 6.26 Å². The summed E-state index contributed by atoms with van der Waals surface area (Å²) in [5.74, 6) is 0. The zero-order chi connectivity index (χ0) is 15.5. The third-order valence-electron chi connectivity index (χ3n) is 2.97. The first kappa shape index (κ1) is 16.0. The van der Waals surface area contributed by atoms with E-state index < -0.39 is 15.9 Å². The molecule has 1 N–H and O–H groups in total. The van der Waals surface area contributed by atoms with Crippen LogP contribution in [0.15, 0.2) is 57.3 Å². The summed E-state index contributed by atoms with van der Waals surface area (Å²) in [6, 6.07) is 10.4. The molecule has 0 radical (unpaired) electrons.